The van der Waals surface area contributed by atoms with Gasteiger partial charge in [-0.25, -0.2) is 4.79 Å². The molecular formula is C10H11NO4. The van der Waals surface area contributed by atoms with Crippen LogP contribution >= 0.6 is 0 Å². The summed E-state index contributed by atoms with van der Waals surface area (Å²) in [6.07, 6.45) is 0. The minimum Gasteiger partial charge on any atom is -0.497 e. The van der Waals surface area contributed by atoms with Gasteiger partial charge in [-0.15, -0.1) is 0 Å². The number of hydrogen-bond donors (Lipinski definition) is 2. The maximum atomic E-state index is 10.7. The number of aliphatic carboxylic acids is 1. The molecule has 0 spiro atoms. The Kier molecular flexibility index (Phi) is 2.37. The molecule has 1 aromatic carbocycles. The molecule has 0 unspecified atom stereocenters. The molecule has 0 radical (unpaired) electrons. The lowest BCUT2D eigenvalue weighted by Gasteiger charge is -2.24. The standard InChI is InChI=1S/C10H11NO4/c1-14-6-2-3-7-9(4-6)15-5-8(11-7)10(12)13/h2-4,8,11H,5H2,1H3,(H,12,13)/t8-/m1/s1. The van der Waals surface area contributed by atoms with Gasteiger partial charge in [0.05, 0.1) is 12.8 Å². The summed E-state index contributed by atoms with van der Waals surface area (Å²) in [5.74, 6) is 0.382. The summed E-state index contributed by atoms with van der Waals surface area (Å²) >= 11 is 0. The lowest BCUT2D eigenvalue weighted by atomic mass is 10.2. The average molecular weight is 209 g/mol. The Morgan fingerprint density at radius 3 is 3.13 bits per heavy atom. The van der Waals surface area contributed by atoms with E-state index in [1.54, 1.807) is 25.3 Å². The molecule has 2 N–H and O–H groups in total. The average Bonchev–Trinajstić information content (AvgIpc) is 2.27. The van der Waals surface area contributed by atoms with Crippen LogP contribution in [-0.4, -0.2) is 30.8 Å². The van der Waals surface area contributed by atoms with Gasteiger partial charge >= 0.3 is 5.97 Å². The first-order valence-corrected chi connectivity index (χ1v) is 4.51. The number of carboxylic acids is 1. The molecule has 2 rings (SSSR count). The van der Waals surface area contributed by atoms with Crippen LogP contribution in [0.4, 0.5) is 5.69 Å². The van der Waals surface area contributed by atoms with Crippen LogP contribution in [0.5, 0.6) is 11.5 Å². The molecule has 0 aliphatic carbocycles. The molecule has 5 heteroatoms. The predicted molar refractivity (Wildman–Crippen MR) is 53.5 cm³/mol. The van der Waals surface area contributed by atoms with Gasteiger partial charge in [-0.2, -0.15) is 0 Å². The normalized spacial score (nSPS) is 18.3. The van der Waals surface area contributed by atoms with Crippen LogP contribution in [0.2, 0.25) is 0 Å². The summed E-state index contributed by atoms with van der Waals surface area (Å²) in [7, 11) is 1.57. The maximum absolute atomic E-state index is 10.7. The number of methoxy groups -OCH3 is 1. The van der Waals surface area contributed by atoms with Crippen LogP contribution in [0, 0.1) is 0 Å². The monoisotopic (exact) mass is 209 g/mol. The third-order valence-electron chi connectivity index (χ3n) is 2.22. The quantitative estimate of drug-likeness (QED) is 0.759. The smallest absolute Gasteiger partial charge is 0.329 e. The van der Waals surface area contributed by atoms with E-state index in [0.29, 0.717) is 17.2 Å². The van der Waals surface area contributed by atoms with Crippen molar-refractivity contribution < 1.29 is 19.4 Å². The van der Waals surface area contributed by atoms with Crippen molar-refractivity contribution in [2.24, 2.45) is 0 Å². The van der Waals surface area contributed by atoms with Crippen LogP contribution < -0.4 is 14.8 Å². The zero-order valence-corrected chi connectivity index (χ0v) is 8.19. The molecular weight excluding hydrogens is 198 g/mol. The van der Waals surface area contributed by atoms with E-state index in [4.69, 9.17) is 14.6 Å². The van der Waals surface area contributed by atoms with E-state index < -0.39 is 12.0 Å². The zero-order valence-electron chi connectivity index (χ0n) is 8.19. The highest BCUT2D eigenvalue weighted by Crippen LogP contribution is 2.32. The largest absolute Gasteiger partial charge is 0.497 e. The van der Waals surface area contributed by atoms with Crippen LogP contribution in [-0.2, 0) is 4.79 Å². The molecule has 1 aromatic rings. The van der Waals surface area contributed by atoms with Crippen molar-refractivity contribution in [3.8, 4) is 11.5 Å². The SMILES string of the molecule is COc1ccc2c(c1)OC[C@H](C(=O)O)N2. The molecule has 80 valence electrons. The Morgan fingerprint density at radius 2 is 2.47 bits per heavy atom. The van der Waals surface area contributed by atoms with Crippen molar-refractivity contribution in [3.05, 3.63) is 18.2 Å². The molecule has 0 saturated heterocycles. The lowest BCUT2D eigenvalue weighted by molar-refractivity contribution is -0.138. The van der Waals surface area contributed by atoms with Gasteiger partial charge in [-0.3, -0.25) is 0 Å². The van der Waals surface area contributed by atoms with Crippen molar-refractivity contribution in [1.82, 2.24) is 0 Å². The summed E-state index contributed by atoms with van der Waals surface area (Å²) in [4.78, 5) is 10.7. The molecule has 1 aliphatic rings. The van der Waals surface area contributed by atoms with E-state index >= 15 is 0 Å². The Morgan fingerprint density at radius 1 is 1.67 bits per heavy atom. The Labute approximate surface area is 86.6 Å². The minimum absolute atomic E-state index is 0.121. The summed E-state index contributed by atoms with van der Waals surface area (Å²) < 4.78 is 10.3. The first kappa shape index (κ1) is 9.64. The molecule has 1 atom stereocenters. The van der Waals surface area contributed by atoms with E-state index in [-0.39, 0.29) is 6.61 Å². The van der Waals surface area contributed by atoms with Gasteiger partial charge in [0.25, 0.3) is 0 Å². The molecule has 0 bridgehead atoms. The van der Waals surface area contributed by atoms with Gasteiger partial charge in [-0.05, 0) is 12.1 Å². The summed E-state index contributed by atoms with van der Waals surface area (Å²) in [5.41, 5.74) is 0.675. The summed E-state index contributed by atoms with van der Waals surface area (Å²) in [6.45, 7) is 0.121. The fourth-order valence-corrected chi connectivity index (χ4v) is 1.40. The topological polar surface area (TPSA) is 67.8 Å². The molecule has 1 heterocycles. The number of hydrogen-bond acceptors (Lipinski definition) is 4. The maximum Gasteiger partial charge on any atom is 0.329 e. The van der Waals surface area contributed by atoms with Crippen molar-refractivity contribution in [2.45, 2.75) is 6.04 Å². The van der Waals surface area contributed by atoms with Crippen LogP contribution in [0.25, 0.3) is 0 Å². The Hall–Kier alpha value is -1.91. The van der Waals surface area contributed by atoms with Gasteiger partial charge in [0.2, 0.25) is 0 Å². The second-order valence-corrected chi connectivity index (χ2v) is 3.21. The molecule has 1 aliphatic heterocycles. The van der Waals surface area contributed by atoms with Crippen molar-refractivity contribution in [2.75, 3.05) is 19.0 Å². The Bertz CT molecular complexity index is 391. The number of rotatable bonds is 2. The van der Waals surface area contributed by atoms with Gasteiger partial charge in [0.1, 0.15) is 18.1 Å². The third-order valence-corrected chi connectivity index (χ3v) is 2.22. The van der Waals surface area contributed by atoms with Crippen molar-refractivity contribution in [3.63, 3.8) is 0 Å². The molecule has 15 heavy (non-hydrogen) atoms. The number of anilines is 1. The zero-order chi connectivity index (χ0) is 10.8. The lowest BCUT2D eigenvalue weighted by Crippen LogP contribution is -2.38. The first-order chi connectivity index (χ1) is 7.20. The number of fused-ring (bicyclic) bond motifs is 1. The number of ether oxygens (including phenoxy) is 2. The first-order valence-electron chi connectivity index (χ1n) is 4.51. The summed E-state index contributed by atoms with van der Waals surface area (Å²) in [5, 5.41) is 11.7. The number of carboxylic acid groups (broad SMARTS) is 1. The van der Waals surface area contributed by atoms with E-state index in [1.807, 2.05) is 0 Å². The third kappa shape index (κ3) is 1.81. The second kappa shape index (κ2) is 3.68. The van der Waals surface area contributed by atoms with E-state index in [2.05, 4.69) is 5.32 Å². The fraction of sp³-hybridized carbons (Fsp3) is 0.300. The predicted octanol–water partition coefficient (Wildman–Crippen LogP) is 0.953. The van der Waals surface area contributed by atoms with Gasteiger partial charge in [0.15, 0.2) is 6.04 Å². The highest BCUT2D eigenvalue weighted by Gasteiger charge is 2.24. The van der Waals surface area contributed by atoms with Gasteiger partial charge < -0.3 is 19.9 Å². The summed E-state index contributed by atoms with van der Waals surface area (Å²) in [6, 6.07) is 4.52. The Balaban J connectivity index is 2.24. The van der Waals surface area contributed by atoms with Gasteiger partial charge in [-0.1, -0.05) is 0 Å². The van der Waals surface area contributed by atoms with Crippen LogP contribution in [0.1, 0.15) is 0 Å². The molecule has 0 saturated carbocycles. The minimum atomic E-state index is -0.920. The van der Waals surface area contributed by atoms with E-state index in [0.717, 1.165) is 0 Å². The fourth-order valence-electron chi connectivity index (χ4n) is 1.40. The highest BCUT2D eigenvalue weighted by molar-refractivity contribution is 5.79. The second-order valence-electron chi connectivity index (χ2n) is 3.21. The molecule has 0 fully saturated rings. The molecule has 0 amide bonds. The molecule has 0 aromatic heterocycles. The number of benzene rings is 1. The van der Waals surface area contributed by atoms with E-state index in [9.17, 15) is 4.79 Å². The van der Waals surface area contributed by atoms with Crippen LogP contribution in [0.3, 0.4) is 0 Å². The number of carbonyl (C=O) groups is 1. The van der Waals surface area contributed by atoms with Gasteiger partial charge in [0, 0.05) is 6.07 Å². The highest BCUT2D eigenvalue weighted by atomic mass is 16.5. The number of nitrogens with one attached hydrogen (secondary N) is 1. The van der Waals surface area contributed by atoms with Crippen LogP contribution in [0.15, 0.2) is 18.2 Å². The van der Waals surface area contributed by atoms with Crippen molar-refractivity contribution in [1.29, 1.82) is 0 Å². The van der Waals surface area contributed by atoms with Crippen molar-refractivity contribution >= 4 is 11.7 Å². The molecule has 5 nitrogen and oxygen atoms in total. The van der Waals surface area contributed by atoms with E-state index in [1.165, 1.54) is 0 Å².